The molecule has 1 unspecified atom stereocenters. The number of fused-ring (bicyclic) bond motifs is 1. The molecule has 3 aliphatic rings. The van der Waals surface area contributed by atoms with Gasteiger partial charge in [0, 0.05) is 35.8 Å². The van der Waals surface area contributed by atoms with E-state index in [1.54, 1.807) is 11.3 Å². The van der Waals surface area contributed by atoms with Gasteiger partial charge in [-0.25, -0.2) is 4.98 Å². The van der Waals surface area contributed by atoms with Crippen molar-refractivity contribution in [1.29, 1.82) is 0 Å². The molecule has 9 heteroatoms. The van der Waals surface area contributed by atoms with E-state index in [4.69, 9.17) is 14.5 Å². The zero-order valence-corrected chi connectivity index (χ0v) is 22.5. The van der Waals surface area contributed by atoms with Gasteiger partial charge < -0.3 is 20.1 Å². The van der Waals surface area contributed by atoms with Gasteiger partial charge in [-0.2, -0.15) is 0 Å². The molecule has 0 radical (unpaired) electrons. The van der Waals surface area contributed by atoms with Gasteiger partial charge in [-0.3, -0.25) is 14.4 Å². The summed E-state index contributed by atoms with van der Waals surface area (Å²) >= 11 is 1.75. The molecule has 1 aromatic rings. The molecule has 200 valence electrons. The first-order valence-electron chi connectivity index (χ1n) is 13.7. The maximum absolute atomic E-state index is 12.9. The van der Waals surface area contributed by atoms with Gasteiger partial charge in [0.05, 0.1) is 30.3 Å². The van der Waals surface area contributed by atoms with E-state index >= 15 is 0 Å². The predicted molar refractivity (Wildman–Crippen MR) is 138 cm³/mol. The van der Waals surface area contributed by atoms with Crippen molar-refractivity contribution >= 4 is 29.2 Å². The van der Waals surface area contributed by atoms with Crippen molar-refractivity contribution < 1.29 is 23.9 Å². The van der Waals surface area contributed by atoms with Crippen molar-refractivity contribution in [2.75, 3.05) is 26.8 Å². The Kier molecular flexibility index (Phi) is 9.76. The summed E-state index contributed by atoms with van der Waals surface area (Å²) in [5, 5.41) is 7.72. The minimum atomic E-state index is -0.333. The summed E-state index contributed by atoms with van der Waals surface area (Å²) in [5.74, 6) is -0.105. The average molecular weight is 520 g/mol. The number of nitrogens with one attached hydrogen (secondary N) is 2. The predicted octanol–water partition coefficient (Wildman–Crippen LogP) is 3.84. The van der Waals surface area contributed by atoms with E-state index in [1.807, 2.05) is 0 Å². The molecule has 0 saturated heterocycles. The molecule has 1 aliphatic heterocycles. The Hall–Kier alpha value is -2.00. The third kappa shape index (κ3) is 6.65. The van der Waals surface area contributed by atoms with Gasteiger partial charge in [0.2, 0.25) is 5.91 Å². The highest BCUT2D eigenvalue weighted by atomic mass is 32.1. The van der Waals surface area contributed by atoms with Crippen LogP contribution in [0.5, 0.6) is 0 Å². The fraction of sp³-hybridized carbons (Fsp3) is 0.778. The van der Waals surface area contributed by atoms with Crippen LogP contribution in [0.25, 0.3) is 0 Å². The summed E-state index contributed by atoms with van der Waals surface area (Å²) in [6.45, 7) is 3.98. The minimum absolute atomic E-state index is 0.0272. The molecular weight excluding hydrogens is 478 g/mol. The number of nitrogens with zero attached hydrogens (tertiary/aromatic N) is 1. The van der Waals surface area contributed by atoms with Crippen LogP contribution in [0.3, 0.4) is 0 Å². The van der Waals surface area contributed by atoms with Crippen LogP contribution in [0.4, 0.5) is 0 Å². The first-order chi connectivity index (χ1) is 17.5. The third-order valence-corrected chi connectivity index (χ3v) is 9.33. The van der Waals surface area contributed by atoms with E-state index < -0.39 is 0 Å². The van der Waals surface area contributed by atoms with Gasteiger partial charge in [-0.05, 0) is 64.2 Å². The summed E-state index contributed by atoms with van der Waals surface area (Å²) in [7, 11) is 1.44. The lowest BCUT2D eigenvalue weighted by Gasteiger charge is -2.31. The van der Waals surface area contributed by atoms with Crippen molar-refractivity contribution in [1.82, 2.24) is 15.6 Å². The molecule has 1 atom stereocenters. The van der Waals surface area contributed by atoms with Crippen LogP contribution < -0.4 is 10.6 Å². The molecule has 0 bridgehead atoms. The lowest BCUT2D eigenvalue weighted by molar-refractivity contribution is -0.147. The quantitative estimate of drug-likeness (QED) is 0.397. The topological polar surface area (TPSA) is 107 Å². The van der Waals surface area contributed by atoms with Gasteiger partial charge in [0.15, 0.2) is 0 Å². The summed E-state index contributed by atoms with van der Waals surface area (Å²) in [6.07, 6.45) is 9.62. The minimum Gasteiger partial charge on any atom is -0.469 e. The molecule has 0 spiro atoms. The highest BCUT2D eigenvalue weighted by Crippen LogP contribution is 2.40. The number of amides is 1. The van der Waals surface area contributed by atoms with Crippen LogP contribution >= 0.6 is 11.3 Å². The number of thiazole rings is 1. The van der Waals surface area contributed by atoms with E-state index in [-0.39, 0.29) is 41.6 Å². The molecule has 1 aromatic heterocycles. The normalized spacial score (nSPS) is 28.4. The number of hydrogen-bond donors (Lipinski definition) is 2. The number of unbranched alkanes of at least 4 members (excludes halogenated alkanes) is 1. The molecule has 0 aromatic carbocycles. The summed E-state index contributed by atoms with van der Waals surface area (Å²) in [4.78, 5) is 43.6. The second kappa shape index (κ2) is 13.0. The molecule has 8 nitrogen and oxygen atoms in total. The van der Waals surface area contributed by atoms with Crippen LogP contribution in [-0.2, 0) is 30.3 Å². The Balaban J connectivity index is 1.29. The summed E-state index contributed by atoms with van der Waals surface area (Å²) in [6, 6.07) is 0.161. The summed E-state index contributed by atoms with van der Waals surface area (Å²) < 4.78 is 10.4. The number of rotatable bonds is 8. The number of aromatic nitrogens is 1. The Morgan fingerprint density at radius 2 is 1.75 bits per heavy atom. The Morgan fingerprint density at radius 1 is 1.03 bits per heavy atom. The maximum Gasteiger partial charge on any atom is 0.316 e. The van der Waals surface area contributed by atoms with Crippen LogP contribution in [0.15, 0.2) is 0 Å². The molecule has 36 heavy (non-hydrogen) atoms. The Morgan fingerprint density at radius 3 is 2.44 bits per heavy atom. The molecule has 1 amide bonds. The lowest BCUT2D eigenvalue weighted by atomic mass is 9.81. The first kappa shape index (κ1) is 27.0. The van der Waals surface area contributed by atoms with Gasteiger partial charge in [0.25, 0.3) is 0 Å². The molecular formula is C27H41N3O5S. The number of carbonyl (C=O) groups is 3. The van der Waals surface area contributed by atoms with E-state index in [1.165, 1.54) is 12.0 Å². The molecule has 2 aliphatic carbocycles. The van der Waals surface area contributed by atoms with Crippen molar-refractivity contribution in [3.63, 3.8) is 0 Å². The van der Waals surface area contributed by atoms with Gasteiger partial charge >= 0.3 is 11.9 Å². The van der Waals surface area contributed by atoms with E-state index in [9.17, 15) is 14.4 Å². The molecule has 2 heterocycles. The molecule has 2 fully saturated rings. The maximum atomic E-state index is 12.9. The van der Waals surface area contributed by atoms with E-state index in [0.717, 1.165) is 87.9 Å². The standard InChI is InChI=1S/C27H41N3O5S/c1-3-4-15-35-27(33)21-16-28-14-13-22-23(21)30-25(36-22)18-7-5-17(6-8-18)24(31)29-20-11-9-19(10-12-20)26(32)34-2/h17-21,28H,3-16H2,1-2H3,(H,29,31). The van der Waals surface area contributed by atoms with Crippen molar-refractivity contribution in [3.8, 4) is 0 Å². The number of methoxy groups -OCH3 is 1. The van der Waals surface area contributed by atoms with Crippen LogP contribution in [0.2, 0.25) is 0 Å². The van der Waals surface area contributed by atoms with Crippen LogP contribution in [0, 0.1) is 11.8 Å². The fourth-order valence-corrected chi connectivity index (χ4v) is 7.02. The van der Waals surface area contributed by atoms with Gasteiger partial charge in [-0.1, -0.05) is 13.3 Å². The van der Waals surface area contributed by atoms with Crippen molar-refractivity contribution in [2.45, 2.75) is 95.4 Å². The SMILES string of the molecule is CCCCOC(=O)C1CNCCc2sc(C3CCC(C(=O)NC4CCC(C(=O)OC)CC4)CC3)nc21. The van der Waals surface area contributed by atoms with Gasteiger partial charge in [-0.15, -0.1) is 11.3 Å². The highest BCUT2D eigenvalue weighted by molar-refractivity contribution is 7.11. The van der Waals surface area contributed by atoms with Gasteiger partial charge in [0.1, 0.15) is 5.92 Å². The zero-order valence-electron chi connectivity index (χ0n) is 21.7. The lowest BCUT2D eigenvalue weighted by Crippen LogP contribution is -2.42. The second-order valence-electron chi connectivity index (χ2n) is 10.5. The third-order valence-electron chi connectivity index (χ3n) is 8.03. The van der Waals surface area contributed by atoms with Crippen molar-refractivity contribution in [2.24, 2.45) is 11.8 Å². The Labute approximate surface area is 218 Å². The zero-order chi connectivity index (χ0) is 25.5. The monoisotopic (exact) mass is 519 g/mol. The fourth-order valence-electron chi connectivity index (χ4n) is 5.73. The van der Waals surface area contributed by atoms with Crippen LogP contribution in [-0.4, -0.2) is 55.7 Å². The number of ether oxygens (including phenoxy) is 2. The molecule has 2 saturated carbocycles. The van der Waals surface area contributed by atoms with E-state index in [0.29, 0.717) is 19.1 Å². The highest BCUT2D eigenvalue weighted by Gasteiger charge is 2.35. The smallest absolute Gasteiger partial charge is 0.316 e. The molecule has 4 rings (SSSR count). The first-order valence-corrected chi connectivity index (χ1v) is 14.6. The van der Waals surface area contributed by atoms with Crippen LogP contribution in [0.1, 0.15) is 98.5 Å². The average Bonchev–Trinajstić information content (AvgIpc) is 3.22. The largest absolute Gasteiger partial charge is 0.469 e. The Bertz CT molecular complexity index is 903. The van der Waals surface area contributed by atoms with Crippen molar-refractivity contribution in [3.05, 3.63) is 15.6 Å². The second-order valence-corrected chi connectivity index (χ2v) is 11.6. The molecule has 2 N–H and O–H groups in total. The number of esters is 2. The van der Waals surface area contributed by atoms with E-state index in [2.05, 4.69) is 17.6 Å². The summed E-state index contributed by atoms with van der Waals surface area (Å²) in [5.41, 5.74) is 0.906. The number of carbonyl (C=O) groups excluding carboxylic acids is 3. The number of hydrogen-bond acceptors (Lipinski definition) is 8.